The van der Waals surface area contributed by atoms with E-state index in [0.29, 0.717) is 12.3 Å². The van der Waals surface area contributed by atoms with Gasteiger partial charge in [0.15, 0.2) is 0 Å². The van der Waals surface area contributed by atoms with Crippen LogP contribution < -0.4 is 0 Å². The lowest BCUT2D eigenvalue weighted by Gasteiger charge is -1.94. The van der Waals surface area contributed by atoms with Gasteiger partial charge in [-0.25, -0.2) is 0 Å². The molecular formula is C8H10N2. The number of rotatable bonds is 1. The Morgan fingerprint density at radius 2 is 2.00 bits per heavy atom. The molecule has 0 aromatic heterocycles. The molecule has 0 spiro atoms. The summed E-state index contributed by atoms with van der Waals surface area (Å²) in [6.45, 7) is 4.09. The molecule has 0 amide bonds. The van der Waals surface area contributed by atoms with E-state index in [1.54, 1.807) is 0 Å². The Bertz CT molecular complexity index is 216. The fourth-order valence-electron chi connectivity index (χ4n) is 1.48. The van der Waals surface area contributed by atoms with Crippen molar-refractivity contribution in [2.24, 2.45) is 17.3 Å². The average Bonchev–Trinajstić information content (AvgIpc) is 2.36. The van der Waals surface area contributed by atoms with E-state index in [1.807, 2.05) is 13.8 Å². The highest BCUT2D eigenvalue weighted by atomic mass is 14.6. The fourth-order valence-corrected chi connectivity index (χ4v) is 1.48. The van der Waals surface area contributed by atoms with Crippen molar-refractivity contribution in [3.63, 3.8) is 0 Å². The molecule has 1 aliphatic rings. The van der Waals surface area contributed by atoms with E-state index in [0.717, 1.165) is 0 Å². The van der Waals surface area contributed by atoms with Crippen molar-refractivity contribution in [1.82, 2.24) is 0 Å². The first-order chi connectivity index (χ1) is 4.64. The molecule has 0 saturated heterocycles. The number of nitrogens with zero attached hydrogens (tertiary/aromatic N) is 2. The predicted molar refractivity (Wildman–Crippen MR) is 36.6 cm³/mol. The van der Waals surface area contributed by atoms with Gasteiger partial charge in [-0.05, 0) is 11.3 Å². The summed E-state index contributed by atoms with van der Waals surface area (Å²) in [5.41, 5.74) is 0.102. The highest BCUT2D eigenvalue weighted by Crippen LogP contribution is 2.59. The number of nitriles is 2. The molecule has 0 heterocycles. The Labute approximate surface area is 61.1 Å². The summed E-state index contributed by atoms with van der Waals surface area (Å²) in [5.74, 6) is 0.439. The van der Waals surface area contributed by atoms with Crippen LogP contribution in [0.2, 0.25) is 0 Å². The lowest BCUT2D eigenvalue weighted by molar-refractivity contribution is 0.557. The molecule has 2 atom stereocenters. The van der Waals surface area contributed by atoms with Crippen LogP contribution in [0.5, 0.6) is 0 Å². The second-order valence-corrected chi connectivity index (χ2v) is 3.40. The van der Waals surface area contributed by atoms with Crippen molar-refractivity contribution in [3.8, 4) is 12.1 Å². The summed E-state index contributed by atoms with van der Waals surface area (Å²) in [6.07, 6.45) is 0.533. The first kappa shape index (κ1) is 7.09. The molecule has 1 saturated carbocycles. The van der Waals surface area contributed by atoms with Crippen molar-refractivity contribution in [2.45, 2.75) is 20.3 Å². The maximum absolute atomic E-state index is 8.58. The second-order valence-electron chi connectivity index (χ2n) is 3.40. The third-order valence-electron chi connectivity index (χ3n) is 2.50. The predicted octanol–water partition coefficient (Wildman–Crippen LogP) is 1.70. The van der Waals surface area contributed by atoms with Gasteiger partial charge < -0.3 is 0 Å². The summed E-state index contributed by atoms with van der Waals surface area (Å²) < 4.78 is 0. The van der Waals surface area contributed by atoms with E-state index >= 15 is 0 Å². The molecule has 0 aromatic carbocycles. The smallest absolute Gasteiger partial charge is 0.0665 e. The molecule has 52 valence electrons. The summed E-state index contributed by atoms with van der Waals surface area (Å²) in [4.78, 5) is 0. The van der Waals surface area contributed by atoms with Crippen LogP contribution in [0, 0.1) is 39.9 Å². The Kier molecular flexibility index (Phi) is 1.41. The zero-order valence-electron chi connectivity index (χ0n) is 6.26. The van der Waals surface area contributed by atoms with Crippen LogP contribution in [0.3, 0.4) is 0 Å². The maximum Gasteiger partial charge on any atom is 0.0665 e. The third kappa shape index (κ3) is 0.772. The SMILES string of the molecule is CC1(C)[C@H](C#N)[C@@H]1CC#N. The summed E-state index contributed by atoms with van der Waals surface area (Å²) in [5, 5.41) is 16.9. The van der Waals surface area contributed by atoms with Gasteiger partial charge in [0.2, 0.25) is 0 Å². The van der Waals surface area contributed by atoms with E-state index in [4.69, 9.17) is 10.5 Å². The fraction of sp³-hybridized carbons (Fsp3) is 0.750. The molecule has 1 rings (SSSR count). The van der Waals surface area contributed by atoms with E-state index in [9.17, 15) is 0 Å². The quantitative estimate of drug-likeness (QED) is 0.548. The Morgan fingerprint density at radius 3 is 2.30 bits per heavy atom. The highest BCUT2D eigenvalue weighted by Gasteiger charge is 2.57. The summed E-state index contributed by atoms with van der Waals surface area (Å²) in [6, 6.07) is 4.31. The Hall–Kier alpha value is -1.02. The molecule has 0 aromatic rings. The molecule has 0 bridgehead atoms. The number of hydrogen-bond donors (Lipinski definition) is 0. The van der Waals surface area contributed by atoms with Gasteiger partial charge in [-0.15, -0.1) is 0 Å². The molecular weight excluding hydrogens is 124 g/mol. The van der Waals surface area contributed by atoms with Gasteiger partial charge in [0.1, 0.15) is 0 Å². The van der Waals surface area contributed by atoms with Crippen LogP contribution in [-0.2, 0) is 0 Å². The van der Waals surface area contributed by atoms with Crippen molar-refractivity contribution < 1.29 is 0 Å². The standard InChI is InChI=1S/C8H10N2/c1-8(2)6(3-4-9)7(8)5-10/h6-7H,3H2,1-2H3/t6-,7+/m0/s1. The van der Waals surface area contributed by atoms with E-state index < -0.39 is 0 Å². The molecule has 0 aliphatic heterocycles. The van der Waals surface area contributed by atoms with E-state index in [1.165, 1.54) is 0 Å². The molecule has 0 unspecified atom stereocenters. The summed E-state index contributed by atoms with van der Waals surface area (Å²) in [7, 11) is 0. The van der Waals surface area contributed by atoms with Gasteiger partial charge in [-0.2, -0.15) is 10.5 Å². The molecule has 0 N–H and O–H groups in total. The van der Waals surface area contributed by atoms with Crippen molar-refractivity contribution in [2.75, 3.05) is 0 Å². The first-order valence-electron chi connectivity index (χ1n) is 3.41. The minimum absolute atomic E-state index is 0.102. The largest absolute Gasteiger partial charge is 0.198 e. The monoisotopic (exact) mass is 134 g/mol. The zero-order valence-corrected chi connectivity index (χ0v) is 6.26. The van der Waals surface area contributed by atoms with Crippen LogP contribution in [0.4, 0.5) is 0 Å². The minimum atomic E-state index is 0.102. The maximum atomic E-state index is 8.58. The number of hydrogen-bond acceptors (Lipinski definition) is 2. The third-order valence-corrected chi connectivity index (χ3v) is 2.50. The van der Waals surface area contributed by atoms with Gasteiger partial charge in [-0.1, -0.05) is 13.8 Å². The van der Waals surface area contributed by atoms with Crippen molar-refractivity contribution in [1.29, 1.82) is 10.5 Å². The van der Waals surface area contributed by atoms with Crippen LogP contribution in [0.1, 0.15) is 20.3 Å². The van der Waals surface area contributed by atoms with Gasteiger partial charge in [0.25, 0.3) is 0 Å². The topological polar surface area (TPSA) is 47.6 Å². The summed E-state index contributed by atoms with van der Waals surface area (Å²) >= 11 is 0. The average molecular weight is 134 g/mol. The van der Waals surface area contributed by atoms with Gasteiger partial charge in [0.05, 0.1) is 18.1 Å². The van der Waals surface area contributed by atoms with Gasteiger partial charge >= 0.3 is 0 Å². The first-order valence-corrected chi connectivity index (χ1v) is 3.41. The zero-order chi connectivity index (χ0) is 7.78. The second kappa shape index (κ2) is 1.99. The van der Waals surface area contributed by atoms with Gasteiger partial charge in [0, 0.05) is 6.42 Å². The van der Waals surface area contributed by atoms with E-state index in [2.05, 4.69) is 12.1 Å². The molecule has 10 heavy (non-hydrogen) atoms. The minimum Gasteiger partial charge on any atom is -0.198 e. The molecule has 1 aliphatic carbocycles. The van der Waals surface area contributed by atoms with Crippen molar-refractivity contribution >= 4 is 0 Å². The molecule has 2 nitrogen and oxygen atoms in total. The normalized spacial score (nSPS) is 34.0. The lowest BCUT2D eigenvalue weighted by atomic mass is 10.1. The molecule has 1 fully saturated rings. The molecule has 0 radical (unpaired) electrons. The van der Waals surface area contributed by atoms with Crippen LogP contribution in [0.25, 0.3) is 0 Å². The highest BCUT2D eigenvalue weighted by molar-refractivity contribution is 5.16. The Morgan fingerprint density at radius 1 is 1.40 bits per heavy atom. The Balaban J connectivity index is 2.57. The van der Waals surface area contributed by atoms with Gasteiger partial charge in [-0.3, -0.25) is 0 Å². The van der Waals surface area contributed by atoms with E-state index in [-0.39, 0.29) is 11.3 Å². The van der Waals surface area contributed by atoms with Crippen LogP contribution >= 0.6 is 0 Å². The van der Waals surface area contributed by atoms with Crippen molar-refractivity contribution in [3.05, 3.63) is 0 Å². The lowest BCUT2D eigenvalue weighted by Crippen LogP contribution is -1.88. The van der Waals surface area contributed by atoms with Crippen LogP contribution in [-0.4, -0.2) is 0 Å². The molecule has 2 heteroatoms. The van der Waals surface area contributed by atoms with Crippen LogP contribution in [0.15, 0.2) is 0 Å².